The molecule has 1 N–H and O–H groups in total. The summed E-state index contributed by atoms with van der Waals surface area (Å²) < 4.78 is 5.92. The molecule has 0 bridgehead atoms. The largest absolute Gasteiger partial charge is 0.477 e. The van der Waals surface area contributed by atoms with Gasteiger partial charge in [0.1, 0.15) is 4.83 Å². The number of rotatable bonds is 9. The summed E-state index contributed by atoms with van der Waals surface area (Å²) in [5.41, 5.74) is 0. The van der Waals surface area contributed by atoms with Gasteiger partial charge in [0.2, 0.25) is 11.8 Å². The molecular weight excluding hydrogens is 282 g/mol. The normalized spacial score (nSPS) is 11.0. The lowest BCUT2D eigenvalue weighted by Gasteiger charge is -2.07. The molecule has 0 fully saturated rings. The maximum absolute atomic E-state index is 5.92. The second kappa shape index (κ2) is 8.17. The highest BCUT2D eigenvalue weighted by molar-refractivity contribution is 7.18. The van der Waals surface area contributed by atoms with E-state index >= 15 is 0 Å². The number of fused-ring (bicyclic) bond motifs is 1. The van der Waals surface area contributed by atoms with Gasteiger partial charge in [-0.2, -0.15) is 4.98 Å². The van der Waals surface area contributed by atoms with Crippen molar-refractivity contribution in [3.05, 3.63) is 10.9 Å². The van der Waals surface area contributed by atoms with Crippen molar-refractivity contribution in [3.8, 4) is 5.88 Å². The number of hydrogen-bond acceptors (Lipinski definition) is 5. The summed E-state index contributed by atoms with van der Waals surface area (Å²) in [7, 11) is 1.84. The van der Waals surface area contributed by atoms with E-state index in [4.69, 9.17) is 4.74 Å². The molecule has 21 heavy (non-hydrogen) atoms. The Balaban J connectivity index is 2.04. The smallest absolute Gasteiger partial charge is 0.227 e. The second-order valence-corrected chi connectivity index (χ2v) is 6.27. The highest BCUT2D eigenvalue weighted by Crippen LogP contribution is 2.31. The third-order valence-electron chi connectivity index (χ3n) is 3.47. The molecule has 0 aliphatic carbocycles. The van der Waals surface area contributed by atoms with Crippen LogP contribution in [-0.4, -0.2) is 23.6 Å². The van der Waals surface area contributed by atoms with Gasteiger partial charge in [-0.05, 0) is 18.9 Å². The lowest BCUT2D eigenvalue weighted by molar-refractivity contribution is 0.297. The lowest BCUT2D eigenvalue weighted by atomic mass is 10.2. The molecule has 0 spiro atoms. The summed E-state index contributed by atoms with van der Waals surface area (Å²) in [4.78, 5) is 11.3. The first kappa shape index (κ1) is 16.0. The third-order valence-corrected chi connectivity index (χ3v) is 4.64. The van der Waals surface area contributed by atoms with Crippen LogP contribution in [0.3, 0.4) is 0 Å². The van der Waals surface area contributed by atoms with Crippen LogP contribution < -0.4 is 10.1 Å². The van der Waals surface area contributed by atoms with Crippen LogP contribution >= 0.6 is 11.3 Å². The van der Waals surface area contributed by atoms with E-state index in [0.29, 0.717) is 5.95 Å². The minimum Gasteiger partial charge on any atom is -0.477 e. The molecule has 0 aromatic carbocycles. The van der Waals surface area contributed by atoms with Crippen molar-refractivity contribution in [2.24, 2.45) is 0 Å². The van der Waals surface area contributed by atoms with Gasteiger partial charge in [-0.25, -0.2) is 4.98 Å². The standard InChI is InChI=1S/C16H25N3OS/c1-4-6-7-8-9-10-20-14-13-11-12(5-2)21-15(13)19-16(17-3)18-14/h11H,4-10H2,1-3H3,(H,17,18,19). The van der Waals surface area contributed by atoms with Gasteiger partial charge >= 0.3 is 0 Å². The Morgan fingerprint density at radius 2 is 1.95 bits per heavy atom. The van der Waals surface area contributed by atoms with E-state index in [1.807, 2.05) is 7.05 Å². The zero-order chi connectivity index (χ0) is 15.1. The van der Waals surface area contributed by atoms with Crippen LogP contribution in [0.25, 0.3) is 10.2 Å². The maximum Gasteiger partial charge on any atom is 0.227 e. The predicted octanol–water partition coefficient (Wildman–Crippen LogP) is 4.64. The van der Waals surface area contributed by atoms with Gasteiger partial charge in [-0.15, -0.1) is 11.3 Å². The zero-order valence-corrected chi connectivity index (χ0v) is 14.1. The van der Waals surface area contributed by atoms with Gasteiger partial charge in [-0.3, -0.25) is 0 Å². The molecule has 0 saturated carbocycles. The molecule has 0 aliphatic rings. The van der Waals surface area contributed by atoms with E-state index in [9.17, 15) is 0 Å². The van der Waals surface area contributed by atoms with Gasteiger partial charge in [0.05, 0.1) is 12.0 Å². The molecule has 2 heterocycles. The van der Waals surface area contributed by atoms with E-state index in [1.165, 1.54) is 30.6 Å². The number of aryl methyl sites for hydroxylation is 1. The number of aromatic nitrogens is 2. The highest BCUT2D eigenvalue weighted by atomic mass is 32.1. The Bertz CT molecular complexity index is 568. The molecule has 0 radical (unpaired) electrons. The Hall–Kier alpha value is -1.36. The Morgan fingerprint density at radius 1 is 1.14 bits per heavy atom. The van der Waals surface area contributed by atoms with Crippen molar-refractivity contribution in [1.29, 1.82) is 0 Å². The molecule has 0 amide bonds. The van der Waals surface area contributed by atoms with Gasteiger partial charge in [0.15, 0.2) is 0 Å². The van der Waals surface area contributed by atoms with Crippen LogP contribution in [0.2, 0.25) is 0 Å². The summed E-state index contributed by atoms with van der Waals surface area (Å²) in [6.07, 6.45) is 7.21. The molecule has 0 unspecified atom stereocenters. The molecule has 0 atom stereocenters. The molecule has 5 heteroatoms. The first-order chi connectivity index (χ1) is 10.3. The van der Waals surface area contributed by atoms with Crippen LogP contribution in [-0.2, 0) is 6.42 Å². The van der Waals surface area contributed by atoms with Crippen LogP contribution in [0.4, 0.5) is 5.95 Å². The van der Waals surface area contributed by atoms with Crippen molar-refractivity contribution >= 4 is 27.5 Å². The average Bonchev–Trinajstić information content (AvgIpc) is 2.93. The minimum absolute atomic E-state index is 0.632. The van der Waals surface area contributed by atoms with Crippen LogP contribution in [0.1, 0.15) is 50.8 Å². The van der Waals surface area contributed by atoms with Crippen molar-refractivity contribution in [1.82, 2.24) is 9.97 Å². The van der Waals surface area contributed by atoms with Crippen LogP contribution in [0, 0.1) is 0 Å². The van der Waals surface area contributed by atoms with Crippen molar-refractivity contribution in [3.63, 3.8) is 0 Å². The molecule has 2 aromatic rings. The van der Waals surface area contributed by atoms with Gasteiger partial charge in [0, 0.05) is 11.9 Å². The van der Waals surface area contributed by atoms with E-state index in [1.54, 1.807) is 11.3 Å². The summed E-state index contributed by atoms with van der Waals surface area (Å²) >= 11 is 1.72. The van der Waals surface area contributed by atoms with E-state index in [2.05, 4.69) is 35.2 Å². The maximum atomic E-state index is 5.92. The molecule has 0 aliphatic heterocycles. The monoisotopic (exact) mass is 307 g/mol. The molecule has 0 saturated heterocycles. The first-order valence-corrected chi connectivity index (χ1v) is 8.71. The fourth-order valence-electron chi connectivity index (χ4n) is 2.22. The fraction of sp³-hybridized carbons (Fsp3) is 0.625. The summed E-state index contributed by atoms with van der Waals surface area (Å²) in [5, 5.41) is 4.06. The molecule has 2 aromatic heterocycles. The Kier molecular flexibility index (Phi) is 6.23. The number of nitrogens with one attached hydrogen (secondary N) is 1. The SMILES string of the molecule is CCCCCCCOc1nc(NC)nc2sc(CC)cc12. The van der Waals surface area contributed by atoms with E-state index in [0.717, 1.165) is 35.5 Å². The van der Waals surface area contributed by atoms with Gasteiger partial charge in [0.25, 0.3) is 0 Å². The number of ether oxygens (including phenoxy) is 1. The molecular formula is C16H25N3OS. The van der Waals surface area contributed by atoms with E-state index in [-0.39, 0.29) is 0 Å². The number of unbranched alkanes of at least 4 members (excludes halogenated alkanes) is 4. The van der Waals surface area contributed by atoms with E-state index < -0.39 is 0 Å². The predicted molar refractivity (Wildman–Crippen MR) is 90.6 cm³/mol. The highest BCUT2D eigenvalue weighted by Gasteiger charge is 2.11. The number of anilines is 1. The molecule has 4 nitrogen and oxygen atoms in total. The molecule has 116 valence electrons. The zero-order valence-electron chi connectivity index (χ0n) is 13.2. The van der Waals surface area contributed by atoms with Crippen LogP contribution in [0.5, 0.6) is 5.88 Å². The number of hydrogen-bond donors (Lipinski definition) is 1. The number of nitrogens with zero attached hydrogens (tertiary/aromatic N) is 2. The summed E-state index contributed by atoms with van der Waals surface area (Å²) in [6.45, 7) is 5.12. The Labute approximate surface area is 131 Å². The van der Waals surface area contributed by atoms with Crippen molar-refractivity contribution < 1.29 is 4.74 Å². The fourth-order valence-corrected chi connectivity index (χ4v) is 3.17. The Morgan fingerprint density at radius 3 is 2.67 bits per heavy atom. The minimum atomic E-state index is 0.632. The lowest BCUT2D eigenvalue weighted by Crippen LogP contribution is -2.03. The van der Waals surface area contributed by atoms with Crippen molar-refractivity contribution in [2.45, 2.75) is 52.4 Å². The second-order valence-electron chi connectivity index (χ2n) is 5.15. The quantitative estimate of drug-likeness (QED) is 0.685. The summed E-state index contributed by atoms with van der Waals surface area (Å²) in [5.74, 6) is 1.35. The van der Waals surface area contributed by atoms with Gasteiger partial charge < -0.3 is 10.1 Å². The topological polar surface area (TPSA) is 47.0 Å². The summed E-state index contributed by atoms with van der Waals surface area (Å²) in [6, 6.07) is 2.16. The van der Waals surface area contributed by atoms with Gasteiger partial charge in [-0.1, -0.05) is 39.5 Å². The average molecular weight is 307 g/mol. The van der Waals surface area contributed by atoms with Crippen molar-refractivity contribution in [2.75, 3.05) is 19.0 Å². The third kappa shape index (κ3) is 4.30. The molecule has 2 rings (SSSR count). The first-order valence-electron chi connectivity index (χ1n) is 7.89. The number of thiophene rings is 1. The van der Waals surface area contributed by atoms with Crippen LogP contribution in [0.15, 0.2) is 6.07 Å².